The van der Waals surface area contributed by atoms with Crippen molar-refractivity contribution >= 4 is 11.6 Å². The third-order valence-electron chi connectivity index (χ3n) is 0.611. The van der Waals surface area contributed by atoms with Crippen LogP contribution in [0.4, 0.5) is 0 Å². The van der Waals surface area contributed by atoms with E-state index in [1.54, 1.807) is 6.07 Å². The van der Waals surface area contributed by atoms with Crippen molar-refractivity contribution in [3.8, 4) is 6.07 Å². The van der Waals surface area contributed by atoms with Crippen LogP contribution in [0.5, 0.6) is 0 Å². The molecule has 0 unspecified atom stereocenters. The fourth-order valence-electron chi connectivity index (χ4n) is 0.289. The Labute approximate surface area is 50.1 Å². The number of nitrogens with one attached hydrogen (secondary N) is 1. The van der Waals surface area contributed by atoms with Gasteiger partial charge in [0.05, 0.1) is 0 Å². The lowest BCUT2D eigenvalue weighted by atomic mass is 10.5. The van der Waals surface area contributed by atoms with Gasteiger partial charge in [-0.3, -0.25) is 0 Å². The molecule has 0 bridgehead atoms. The first kappa shape index (κ1) is 5.06. The van der Waals surface area contributed by atoms with Crippen molar-refractivity contribution in [2.24, 2.45) is 0 Å². The van der Waals surface area contributed by atoms with Gasteiger partial charge in [0.2, 0.25) is 5.69 Å². The molecule has 0 fully saturated rings. The van der Waals surface area contributed by atoms with Gasteiger partial charge in [0.1, 0.15) is 6.07 Å². The molecule has 0 spiro atoms. The molecule has 4 nitrogen and oxygen atoms in total. The van der Waals surface area contributed by atoms with Crippen molar-refractivity contribution in [3.05, 3.63) is 10.8 Å². The van der Waals surface area contributed by atoms with Gasteiger partial charge in [-0.1, -0.05) is 11.6 Å². The summed E-state index contributed by atoms with van der Waals surface area (Å²) in [5, 5.41) is 17.3. The van der Waals surface area contributed by atoms with Gasteiger partial charge in [-0.05, 0) is 0 Å². The monoisotopic (exact) mass is 128 g/mol. The van der Waals surface area contributed by atoms with E-state index in [-0.39, 0.29) is 10.8 Å². The molecule has 5 heteroatoms. The van der Waals surface area contributed by atoms with Crippen LogP contribution < -0.4 is 0 Å². The minimum atomic E-state index is 0.118. The van der Waals surface area contributed by atoms with Crippen LogP contribution in [-0.2, 0) is 0 Å². The van der Waals surface area contributed by atoms with Crippen LogP contribution in [0.3, 0.4) is 0 Å². The summed E-state index contributed by atoms with van der Waals surface area (Å²) in [6, 6.07) is 1.74. The van der Waals surface area contributed by atoms with E-state index in [1.165, 1.54) is 0 Å². The van der Waals surface area contributed by atoms with Crippen molar-refractivity contribution in [2.45, 2.75) is 0 Å². The molecule has 1 aromatic rings. The maximum Gasteiger partial charge on any atom is 0.201 e. The maximum atomic E-state index is 8.15. The molecule has 1 N–H and O–H groups in total. The van der Waals surface area contributed by atoms with Gasteiger partial charge in [0.25, 0.3) is 0 Å². The highest BCUT2D eigenvalue weighted by atomic mass is 35.5. The van der Waals surface area contributed by atoms with Crippen LogP contribution in [0, 0.1) is 11.3 Å². The van der Waals surface area contributed by atoms with E-state index in [2.05, 4.69) is 15.4 Å². The predicted molar refractivity (Wildman–Crippen MR) is 26.1 cm³/mol. The number of H-pyrrole nitrogens is 1. The van der Waals surface area contributed by atoms with Crippen LogP contribution in [0.15, 0.2) is 0 Å². The smallest absolute Gasteiger partial charge is 0.195 e. The number of hydrogen-bond donors (Lipinski definition) is 1. The topological polar surface area (TPSA) is 65.4 Å². The van der Waals surface area contributed by atoms with E-state index in [4.69, 9.17) is 16.9 Å². The van der Waals surface area contributed by atoms with E-state index in [9.17, 15) is 0 Å². The molecule has 0 radical (unpaired) electrons. The number of aromatic nitrogens is 3. The summed E-state index contributed by atoms with van der Waals surface area (Å²) in [6.07, 6.45) is 0. The Bertz CT molecular complexity index is 221. The molecule has 0 aliphatic heterocycles. The highest BCUT2D eigenvalue weighted by Crippen LogP contribution is 2.04. The standard InChI is InChI=1S/C3HClN4/c4-3-2(1-5)6-8-7-3/h(H,6,7,8). The molecule has 0 atom stereocenters. The molecular formula is C3HClN4. The molecule has 0 amide bonds. The Morgan fingerprint density at radius 1 is 1.62 bits per heavy atom. The largest absolute Gasteiger partial charge is 0.201 e. The Kier molecular flexibility index (Phi) is 1.14. The van der Waals surface area contributed by atoms with Gasteiger partial charge >= 0.3 is 0 Å². The average molecular weight is 129 g/mol. The highest BCUT2D eigenvalue weighted by Gasteiger charge is 1.99. The van der Waals surface area contributed by atoms with E-state index in [1.807, 2.05) is 0 Å². The fourth-order valence-corrected chi connectivity index (χ4v) is 0.411. The molecule has 0 saturated carbocycles. The van der Waals surface area contributed by atoms with E-state index < -0.39 is 0 Å². The Morgan fingerprint density at radius 3 is 2.62 bits per heavy atom. The summed E-state index contributed by atoms with van der Waals surface area (Å²) in [4.78, 5) is 0. The summed E-state index contributed by atoms with van der Waals surface area (Å²) in [7, 11) is 0. The van der Waals surface area contributed by atoms with Crippen molar-refractivity contribution in [1.29, 1.82) is 5.26 Å². The lowest BCUT2D eigenvalue weighted by Crippen LogP contribution is -1.70. The minimum Gasteiger partial charge on any atom is -0.195 e. The second-order valence-corrected chi connectivity index (χ2v) is 1.43. The van der Waals surface area contributed by atoms with Gasteiger partial charge in [-0.15, -0.1) is 10.2 Å². The molecule has 0 saturated heterocycles. The van der Waals surface area contributed by atoms with E-state index in [0.29, 0.717) is 0 Å². The molecule has 0 aliphatic carbocycles. The maximum absolute atomic E-state index is 8.15. The number of aromatic amines is 1. The molecule has 1 heterocycles. The minimum absolute atomic E-state index is 0.118. The van der Waals surface area contributed by atoms with Crippen molar-refractivity contribution in [1.82, 2.24) is 15.4 Å². The first-order valence-corrected chi connectivity index (χ1v) is 2.18. The van der Waals surface area contributed by atoms with Gasteiger partial charge in [-0.2, -0.15) is 10.5 Å². The Hall–Kier alpha value is -1.08. The van der Waals surface area contributed by atoms with E-state index >= 15 is 0 Å². The Balaban J connectivity index is 3.15. The molecule has 8 heavy (non-hydrogen) atoms. The molecule has 40 valence electrons. The quantitative estimate of drug-likeness (QED) is 0.548. The first-order chi connectivity index (χ1) is 3.84. The normalized spacial score (nSPS) is 8.50. The SMILES string of the molecule is N#Cc1n[nH]nc1Cl. The Morgan fingerprint density at radius 2 is 2.38 bits per heavy atom. The number of nitriles is 1. The van der Waals surface area contributed by atoms with Gasteiger partial charge < -0.3 is 0 Å². The van der Waals surface area contributed by atoms with Crippen molar-refractivity contribution in [3.63, 3.8) is 0 Å². The zero-order valence-corrected chi connectivity index (χ0v) is 4.48. The first-order valence-electron chi connectivity index (χ1n) is 1.81. The summed E-state index contributed by atoms with van der Waals surface area (Å²) in [5.41, 5.74) is 0.131. The van der Waals surface area contributed by atoms with Crippen LogP contribution in [0.2, 0.25) is 5.15 Å². The number of nitrogens with zero attached hydrogens (tertiary/aromatic N) is 3. The van der Waals surface area contributed by atoms with Crippen LogP contribution in [-0.4, -0.2) is 15.4 Å². The number of halogens is 1. The summed E-state index contributed by atoms with van der Waals surface area (Å²) >= 11 is 5.31. The average Bonchev–Trinajstić information content (AvgIpc) is 2.14. The van der Waals surface area contributed by atoms with Gasteiger partial charge in [-0.25, -0.2) is 0 Å². The second kappa shape index (κ2) is 1.80. The zero-order valence-electron chi connectivity index (χ0n) is 3.72. The second-order valence-electron chi connectivity index (χ2n) is 1.07. The third kappa shape index (κ3) is 0.634. The lowest BCUT2D eigenvalue weighted by molar-refractivity contribution is 0.936. The molecule has 0 aliphatic rings. The zero-order chi connectivity index (χ0) is 5.98. The third-order valence-corrected chi connectivity index (χ3v) is 0.875. The summed E-state index contributed by atoms with van der Waals surface area (Å²) in [6.45, 7) is 0. The van der Waals surface area contributed by atoms with Crippen molar-refractivity contribution in [2.75, 3.05) is 0 Å². The molecule has 0 aromatic carbocycles. The summed E-state index contributed by atoms with van der Waals surface area (Å²) < 4.78 is 0. The highest BCUT2D eigenvalue weighted by molar-refractivity contribution is 6.30. The molecule has 1 aromatic heterocycles. The lowest BCUT2D eigenvalue weighted by Gasteiger charge is -1.68. The fraction of sp³-hybridized carbons (Fsp3) is 0. The molecule has 1 rings (SSSR count). The molecular weight excluding hydrogens is 128 g/mol. The van der Waals surface area contributed by atoms with Crippen LogP contribution in [0.25, 0.3) is 0 Å². The van der Waals surface area contributed by atoms with Gasteiger partial charge in [0.15, 0.2) is 5.15 Å². The number of rotatable bonds is 0. The van der Waals surface area contributed by atoms with E-state index in [0.717, 1.165) is 0 Å². The van der Waals surface area contributed by atoms with Crippen molar-refractivity contribution < 1.29 is 0 Å². The van der Waals surface area contributed by atoms with Crippen LogP contribution >= 0.6 is 11.6 Å². The summed E-state index contributed by atoms with van der Waals surface area (Å²) in [5.74, 6) is 0. The van der Waals surface area contributed by atoms with Gasteiger partial charge in [0, 0.05) is 0 Å². The van der Waals surface area contributed by atoms with Crippen LogP contribution in [0.1, 0.15) is 5.69 Å². The predicted octanol–water partition coefficient (Wildman–Crippen LogP) is 0.330. The number of hydrogen-bond acceptors (Lipinski definition) is 3.